The Kier molecular flexibility index (Phi) is 14.0. The van der Waals surface area contributed by atoms with E-state index in [4.69, 9.17) is 4.74 Å². The van der Waals surface area contributed by atoms with Gasteiger partial charge >= 0.3 is 11.9 Å². The van der Waals surface area contributed by atoms with E-state index in [0.29, 0.717) is 6.42 Å². The van der Waals surface area contributed by atoms with E-state index in [9.17, 15) is 14.0 Å². The molecule has 0 aliphatic heterocycles. The van der Waals surface area contributed by atoms with Crippen molar-refractivity contribution in [3.05, 3.63) is 0 Å². The van der Waals surface area contributed by atoms with Crippen LogP contribution < -0.4 is 0 Å². The lowest BCUT2D eigenvalue weighted by molar-refractivity contribution is -0.149. The molecule has 22 heavy (non-hydrogen) atoms. The molecule has 0 spiro atoms. The molecular formula is C17H31FO4. The van der Waals surface area contributed by atoms with Crippen LogP contribution in [0.1, 0.15) is 78.1 Å². The van der Waals surface area contributed by atoms with Crippen LogP contribution in [0.25, 0.3) is 0 Å². The van der Waals surface area contributed by atoms with Gasteiger partial charge in [-0.3, -0.25) is 9.59 Å². The van der Waals surface area contributed by atoms with Crippen LogP contribution in [0, 0.1) is 0 Å². The molecule has 5 heteroatoms. The van der Waals surface area contributed by atoms with Crippen LogP contribution in [0.3, 0.4) is 0 Å². The predicted octanol–water partition coefficient (Wildman–Crippen LogP) is 4.35. The van der Waals surface area contributed by atoms with E-state index in [1.54, 1.807) is 0 Å². The van der Waals surface area contributed by atoms with Crippen molar-refractivity contribution in [2.75, 3.05) is 13.3 Å². The summed E-state index contributed by atoms with van der Waals surface area (Å²) < 4.78 is 21.7. The molecule has 0 bridgehead atoms. The number of rotatable bonds is 14. The lowest BCUT2D eigenvalue weighted by Crippen LogP contribution is -2.15. The fourth-order valence-electron chi connectivity index (χ4n) is 2.16. The van der Waals surface area contributed by atoms with E-state index in [-0.39, 0.29) is 31.5 Å². The average Bonchev–Trinajstić information content (AvgIpc) is 2.48. The Hall–Kier alpha value is -1.13. The molecule has 0 saturated carbocycles. The second kappa shape index (κ2) is 14.8. The van der Waals surface area contributed by atoms with Crippen molar-refractivity contribution in [1.29, 1.82) is 0 Å². The van der Waals surface area contributed by atoms with E-state index in [2.05, 4.69) is 11.7 Å². The van der Waals surface area contributed by atoms with Crippen molar-refractivity contribution in [3.63, 3.8) is 0 Å². The monoisotopic (exact) mass is 318 g/mol. The van der Waals surface area contributed by atoms with Crippen molar-refractivity contribution in [2.24, 2.45) is 0 Å². The summed E-state index contributed by atoms with van der Waals surface area (Å²) in [5.41, 5.74) is 0. The molecule has 0 aromatic heterocycles. The van der Waals surface area contributed by atoms with Gasteiger partial charge in [0.1, 0.15) is 13.3 Å². The van der Waals surface area contributed by atoms with Gasteiger partial charge in [-0.1, -0.05) is 39.0 Å². The van der Waals surface area contributed by atoms with E-state index >= 15 is 0 Å². The normalized spacial score (nSPS) is 12.0. The van der Waals surface area contributed by atoms with E-state index in [0.717, 1.165) is 12.8 Å². The predicted molar refractivity (Wildman–Crippen MR) is 84.3 cm³/mol. The number of alkyl halides is 1. The summed E-state index contributed by atoms with van der Waals surface area (Å²) in [5.74, 6) is -0.748. The molecule has 0 aliphatic rings. The molecule has 0 aliphatic carbocycles. The highest BCUT2D eigenvalue weighted by Gasteiger charge is 2.11. The summed E-state index contributed by atoms with van der Waals surface area (Å²) in [5, 5.41) is 0. The Morgan fingerprint density at radius 1 is 0.955 bits per heavy atom. The Balaban J connectivity index is 3.51. The first-order chi connectivity index (χ1) is 10.6. The number of carbonyl (C=O) groups excluding carboxylic acids is 2. The molecule has 0 amide bonds. The van der Waals surface area contributed by atoms with Gasteiger partial charge in [-0.2, -0.15) is 0 Å². The van der Waals surface area contributed by atoms with Crippen LogP contribution >= 0.6 is 0 Å². The molecule has 4 nitrogen and oxygen atoms in total. The minimum atomic E-state index is -0.677. The Bertz CT molecular complexity index is 294. The van der Waals surface area contributed by atoms with E-state index in [1.165, 1.54) is 32.1 Å². The van der Waals surface area contributed by atoms with Gasteiger partial charge in [0.15, 0.2) is 0 Å². The lowest BCUT2D eigenvalue weighted by Gasteiger charge is -2.13. The number of carbonyl (C=O) groups is 2. The molecular weight excluding hydrogens is 287 g/mol. The fourth-order valence-corrected chi connectivity index (χ4v) is 2.16. The zero-order valence-electron chi connectivity index (χ0n) is 14.1. The SMILES string of the molecule is CCCCCCCCC(C)OC(=O)CCCC(=O)OCCF. The molecule has 1 unspecified atom stereocenters. The maximum atomic E-state index is 11.8. The van der Waals surface area contributed by atoms with Crippen LogP contribution in [-0.4, -0.2) is 31.3 Å². The molecule has 0 radical (unpaired) electrons. The van der Waals surface area contributed by atoms with Gasteiger partial charge in [0.25, 0.3) is 0 Å². The smallest absolute Gasteiger partial charge is 0.306 e. The van der Waals surface area contributed by atoms with Gasteiger partial charge in [-0.15, -0.1) is 0 Å². The first-order valence-electron chi connectivity index (χ1n) is 8.51. The highest BCUT2D eigenvalue weighted by Crippen LogP contribution is 2.11. The largest absolute Gasteiger partial charge is 0.463 e. The van der Waals surface area contributed by atoms with Crippen LogP contribution in [0.4, 0.5) is 4.39 Å². The minimum absolute atomic E-state index is 0.0721. The van der Waals surface area contributed by atoms with Crippen LogP contribution in [-0.2, 0) is 19.1 Å². The van der Waals surface area contributed by atoms with Crippen molar-refractivity contribution in [2.45, 2.75) is 84.2 Å². The zero-order chi connectivity index (χ0) is 16.6. The number of ether oxygens (including phenoxy) is 2. The van der Waals surface area contributed by atoms with Gasteiger partial charge in [-0.05, 0) is 26.2 Å². The maximum absolute atomic E-state index is 11.8. The summed E-state index contributed by atoms with van der Waals surface area (Å²) >= 11 is 0. The van der Waals surface area contributed by atoms with Crippen molar-refractivity contribution in [1.82, 2.24) is 0 Å². The van der Waals surface area contributed by atoms with E-state index < -0.39 is 12.6 Å². The first kappa shape index (κ1) is 20.9. The molecule has 0 heterocycles. The van der Waals surface area contributed by atoms with Gasteiger partial charge in [0, 0.05) is 12.8 Å². The minimum Gasteiger partial charge on any atom is -0.463 e. The number of hydrogen-bond acceptors (Lipinski definition) is 4. The Morgan fingerprint density at radius 3 is 2.27 bits per heavy atom. The maximum Gasteiger partial charge on any atom is 0.306 e. The summed E-state index contributed by atoms with van der Waals surface area (Å²) in [6, 6.07) is 0. The second-order valence-electron chi connectivity index (χ2n) is 5.62. The number of unbranched alkanes of at least 4 members (excludes halogenated alkanes) is 5. The number of esters is 2. The fraction of sp³-hybridized carbons (Fsp3) is 0.882. The quantitative estimate of drug-likeness (QED) is 0.353. The molecule has 0 fully saturated rings. The van der Waals surface area contributed by atoms with Crippen molar-refractivity contribution in [3.8, 4) is 0 Å². The molecule has 0 saturated heterocycles. The Labute approximate surface area is 133 Å². The summed E-state index contributed by atoms with van der Waals surface area (Å²) in [4.78, 5) is 22.7. The third-order valence-corrected chi connectivity index (χ3v) is 3.40. The van der Waals surface area contributed by atoms with Crippen molar-refractivity contribution < 1.29 is 23.5 Å². The lowest BCUT2D eigenvalue weighted by atomic mass is 10.1. The highest BCUT2D eigenvalue weighted by atomic mass is 19.1. The summed E-state index contributed by atoms with van der Waals surface area (Å²) in [7, 11) is 0. The highest BCUT2D eigenvalue weighted by molar-refractivity contribution is 5.72. The van der Waals surface area contributed by atoms with E-state index in [1.807, 2.05) is 6.92 Å². The molecule has 0 aromatic rings. The molecule has 1 atom stereocenters. The topological polar surface area (TPSA) is 52.6 Å². The van der Waals surface area contributed by atoms with Gasteiger partial charge in [0.05, 0.1) is 6.10 Å². The van der Waals surface area contributed by atoms with Crippen LogP contribution in [0.2, 0.25) is 0 Å². The van der Waals surface area contributed by atoms with Gasteiger partial charge in [-0.25, -0.2) is 4.39 Å². The summed E-state index contributed by atoms with van der Waals surface area (Å²) in [6.07, 6.45) is 8.84. The third kappa shape index (κ3) is 13.8. The first-order valence-corrected chi connectivity index (χ1v) is 8.51. The standard InChI is InChI=1S/C17H31FO4/c1-3-4-5-6-7-8-10-15(2)22-17(20)12-9-11-16(19)21-14-13-18/h15H,3-14H2,1-2H3. The van der Waals surface area contributed by atoms with Crippen LogP contribution in [0.5, 0.6) is 0 Å². The average molecular weight is 318 g/mol. The molecule has 0 aromatic carbocycles. The number of hydrogen-bond donors (Lipinski definition) is 0. The number of halogens is 1. The van der Waals surface area contributed by atoms with Gasteiger partial charge in [0.2, 0.25) is 0 Å². The molecule has 130 valence electrons. The van der Waals surface area contributed by atoms with Gasteiger partial charge < -0.3 is 9.47 Å². The molecule has 0 rings (SSSR count). The third-order valence-electron chi connectivity index (χ3n) is 3.40. The van der Waals surface area contributed by atoms with Crippen molar-refractivity contribution >= 4 is 11.9 Å². The zero-order valence-corrected chi connectivity index (χ0v) is 14.1. The molecule has 0 N–H and O–H groups in total. The van der Waals surface area contributed by atoms with Crippen LogP contribution in [0.15, 0.2) is 0 Å². The Morgan fingerprint density at radius 2 is 1.59 bits per heavy atom. The summed E-state index contributed by atoms with van der Waals surface area (Å²) in [6.45, 7) is 3.21. The second-order valence-corrected chi connectivity index (χ2v) is 5.62.